The molecule has 0 heterocycles. The molecule has 16 heavy (non-hydrogen) atoms. The molecule has 3 nitrogen and oxygen atoms in total. The van der Waals surface area contributed by atoms with Crippen LogP contribution in [0.2, 0.25) is 0 Å². The molecule has 0 atom stereocenters. The highest BCUT2D eigenvalue weighted by Crippen LogP contribution is 2.32. The number of Topliss-reactive ketones (excluding diaryl/α,β-unsaturated/α-hetero) is 1. The van der Waals surface area contributed by atoms with Gasteiger partial charge in [-0.25, -0.2) is 0 Å². The first-order valence-electron chi connectivity index (χ1n) is 5.56. The predicted molar refractivity (Wildman–Crippen MR) is 61.3 cm³/mol. The molecule has 1 aromatic rings. The van der Waals surface area contributed by atoms with Gasteiger partial charge in [0.25, 0.3) is 0 Å². The molecule has 1 aliphatic carbocycles. The highest BCUT2D eigenvalue weighted by Gasteiger charge is 2.20. The van der Waals surface area contributed by atoms with Crippen molar-refractivity contribution >= 4 is 5.78 Å². The predicted octanol–water partition coefficient (Wildman–Crippen LogP) is 2.83. The van der Waals surface area contributed by atoms with Gasteiger partial charge in [0.05, 0.1) is 13.2 Å². The smallest absolute Gasteiger partial charge is 0.161 e. The van der Waals surface area contributed by atoms with E-state index >= 15 is 0 Å². The maximum atomic E-state index is 11.2. The van der Waals surface area contributed by atoms with E-state index in [2.05, 4.69) is 0 Å². The maximum absolute atomic E-state index is 11.2. The quantitative estimate of drug-likeness (QED) is 0.732. The highest BCUT2D eigenvalue weighted by molar-refractivity contribution is 5.94. The lowest BCUT2D eigenvalue weighted by molar-refractivity contribution is 0.101. The molecule has 0 radical (unpaired) electrons. The Bertz CT molecular complexity index is 394. The molecular weight excluding hydrogens is 204 g/mol. The third-order valence-corrected chi connectivity index (χ3v) is 2.92. The monoisotopic (exact) mass is 220 g/mol. The number of hydrogen-bond donors (Lipinski definition) is 0. The van der Waals surface area contributed by atoms with Gasteiger partial charge in [-0.1, -0.05) is 0 Å². The van der Waals surface area contributed by atoms with Crippen LogP contribution in [0.1, 0.15) is 36.5 Å². The lowest BCUT2D eigenvalue weighted by Gasteiger charge is -2.27. The number of ether oxygens (including phenoxy) is 2. The summed E-state index contributed by atoms with van der Waals surface area (Å²) < 4.78 is 11.0. The number of hydrogen-bond acceptors (Lipinski definition) is 3. The lowest BCUT2D eigenvalue weighted by Crippen LogP contribution is -2.24. The Morgan fingerprint density at radius 3 is 2.56 bits per heavy atom. The molecule has 86 valence electrons. The molecule has 1 aliphatic rings. The molecule has 1 fully saturated rings. The fourth-order valence-electron chi connectivity index (χ4n) is 1.65. The molecular formula is C13H16O3. The van der Waals surface area contributed by atoms with E-state index in [9.17, 15) is 4.79 Å². The van der Waals surface area contributed by atoms with Crippen molar-refractivity contribution in [2.45, 2.75) is 32.3 Å². The Kier molecular flexibility index (Phi) is 3.13. The normalized spacial score (nSPS) is 15.4. The summed E-state index contributed by atoms with van der Waals surface area (Å²) in [5, 5.41) is 0. The number of carbonyl (C=O) groups is 1. The van der Waals surface area contributed by atoms with E-state index < -0.39 is 0 Å². The zero-order valence-corrected chi connectivity index (χ0v) is 9.66. The molecule has 3 heteroatoms. The number of rotatable bonds is 4. The van der Waals surface area contributed by atoms with Crippen LogP contribution >= 0.6 is 0 Å². The van der Waals surface area contributed by atoms with Crippen molar-refractivity contribution in [1.82, 2.24) is 0 Å². The van der Waals surface area contributed by atoms with Crippen molar-refractivity contribution in [3.8, 4) is 11.5 Å². The highest BCUT2D eigenvalue weighted by atomic mass is 16.5. The molecule has 0 N–H and O–H groups in total. The second-order valence-electron chi connectivity index (χ2n) is 4.09. The minimum atomic E-state index is 0.0356. The summed E-state index contributed by atoms with van der Waals surface area (Å²) in [7, 11) is 1.59. The zero-order chi connectivity index (χ0) is 11.5. The van der Waals surface area contributed by atoms with Gasteiger partial charge >= 0.3 is 0 Å². The molecule has 0 aromatic heterocycles. The number of benzene rings is 1. The van der Waals surface area contributed by atoms with Crippen molar-refractivity contribution in [2.75, 3.05) is 7.11 Å². The van der Waals surface area contributed by atoms with Crippen molar-refractivity contribution in [3.05, 3.63) is 23.8 Å². The van der Waals surface area contributed by atoms with Crippen LogP contribution in [-0.2, 0) is 0 Å². The van der Waals surface area contributed by atoms with Gasteiger partial charge in [-0.15, -0.1) is 0 Å². The van der Waals surface area contributed by atoms with E-state index in [-0.39, 0.29) is 5.78 Å². The van der Waals surface area contributed by atoms with Crippen LogP contribution in [0.25, 0.3) is 0 Å². The minimum Gasteiger partial charge on any atom is -0.493 e. The van der Waals surface area contributed by atoms with Gasteiger partial charge in [-0.2, -0.15) is 0 Å². The Labute approximate surface area is 95.4 Å². The van der Waals surface area contributed by atoms with Crippen LogP contribution in [-0.4, -0.2) is 19.0 Å². The Morgan fingerprint density at radius 2 is 2.06 bits per heavy atom. The van der Waals surface area contributed by atoms with E-state index in [1.54, 1.807) is 26.2 Å². The summed E-state index contributed by atoms with van der Waals surface area (Å²) in [5.74, 6) is 1.41. The van der Waals surface area contributed by atoms with Crippen LogP contribution in [0.15, 0.2) is 18.2 Å². The topological polar surface area (TPSA) is 35.5 Å². The SMILES string of the molecule is COc1cc(C(C)=O)ccc1OC1CCC1. The van der Waals surface area contributed by atoms with Crippen LogP contribution in [0.5, 0.6) is 11.5 Å². The van der Waals surface area contributed by atoms with E-state index in [4.69, 9.17) is 9.47 Å². The van der Waals surface area contributed by atoms with Crippen molar-refractivity contribution in [1.29, 1.82) is 0 Å². The van der Waals surface area contributed by atoms with Crippen molar-refractivity contribution in [3.63, 3.8) is 0 Å². The van der Waals surface area contributed by atoms with Gasteiger partial charge in [0.2, 0.25) is 0 Å². The van der Waals surface area contributed by atoms with Crippen molar-refractivity contribution in [2.24, 2.45) is 0 Å². The Morgan fingerprint density at radius 1 is 1.31 bits per heavy atom. The minimum absolute atomic E-state index is 0.0356. The fourth-order valence-corrected chi connectivity index (χ4v) is 1.65. The molecule has 0 saturated heterocycles. The van der Waals surface area contributed by atoms with E-state index in [0.717, 1.165) is 18.6 Å². The fraction of sp³-hybridized carbons (Fsp3) is 0.462. The molecule has 1 saturated carbocycles. The number of carbonyl (C=O) groups excluding carboxylic acids is 1. The van der Waals surface area contributed by atoms with Gasteiger partial charge in [0, 0.05) is 5.56 Å². The number of methoxy groups -OCH3 is 1. The van der Waals surface area contributed by atoms with Gasteiger partial charge in [0.15, 0.2) is 17.3 Å². The van der Waals surface area contributed by atoms with Crippen LogP contribution in [0.4, 0.5) is 0 Å². The lowest BCUT2D eigenvalue weighted by atomic mass is 9.96. The summed E-state index contributed by atoms with van der Waals surface area (Å²) in [4.78, 5) is 11.2. The average Bonchev–Trinajstić information content (AvgIpc) is 2.23. The third kappa shape index (κ3) is 2.18. The summed E-state index contributed by atoms with van der Waals surface area (Å²) in [6, 6.07) is 5.32. The molecule has 0 unspecified atom stereocenters. The summed E-state index contributed by atoms with van der Waals surface area (Å²) in [6.07, 6.45) is 3.77. The summed E-state index contributed by atoms with van der Waals surface area (Å²) in [6.45, 7) is 1.54. The standard InChI is InChI=1S/C13H16O3/c1-9(14)10-6-7-12(13(8-10)15-2)16-11-4-3-5-11/h6-8,11H,3-5H2,1-2H3. The summed E-state index contributed by atoms with van der Waals surface area (Å²) in [5.41, 5.74) is 0.651. The summed E-state index contributed by atoms with van der Waals surface area (Å²) >= 11 is 0. The largest absolute Gasteiger partial charge is 0.493 e. The molecule has 0 bridgehead atoms. The van der Waals surface area contributed by atoms with E-state index in [0.29, 0.717) is 17.4 Å². The van der Waals surface area contributed by atoms with Crippen molar-refractivity contribution < 1.29 is 14.3 Å². The maximum Gasteiger partial charge on any atom is 0.161 e. The average molecular weight is 220 g/mol. The molecule has 2 rings (SSSR count). The first-order valence-corrected chi connectivity index (χ1v) is 5.56. The first-order chi connectivity index (χ1) is 7.70. The van der Waals surface area contributed by atoms with Crippen LogP contribution < -0.4 is 9.47 Å². The second kappa shape index (κ2) is 4.56. The molecule has 1 aromatic carbocycles. The Balaban J connectivity index is 2.19. The van der Waals surface area contributed by atoms with E-state index in [1.807, 2.05) is 6.07 Å². The third-order valence-electron chi connectivity index (χ3n) is 2.92. The van der Waals surface area contributed by atoms with Gasteiger partial charge in [-0.3, -0.25) is 4.79 Å². The zero-order valence-electron chi connectivity index (χ0n) is 9.66. The van der Waals surface area contributed by atoms with Gasteiger partial charge < -0.3 is 9.47 Å². The Hall–Kier alpha value is -1.51. The second-order valence-corrected chi connectivity index (χ2v) is 4.09. The van der Waals surface area contributed by atoms with Crippen LogP contribution in [0.3, 0.4) is 0 Å². The molecule has 0 amide bonds. The van der Waals surface area contributed by atoms with E-state index in [1.165, 1.54) is 6.42 Å². The van der Waals surface area contributed by atoms with Crippen LogP contribution in [0, 0.1) is 0 Å². The molecule has 0 spiro atoms. The van der Waals surface area contributed by atoms with Gasteiger partial charge in [-0.05, 0) is 44.4 Å². The van der Waals surface area contributed by atoms with Gasteiger partial charge in [0.1, 0.15) is 0 Å². The molecule has 0 aliphatic heterocycles. The first kappa shape index (κ1) is 11.0. The number of ketones is 1.